The summed E-state index contributed by atoms with van der Waals surface area (Å²) >= 11 is 0. The van der Waals surface area contributed by atoms with Gasteiger partial charge in [-0.05, 0) is 38.3 Å². The zero-order valence-corrected chi connectivity index (χ0v) is 13.5. The molecule has 0 saturated carbocycles. The van der Waals surface area contributed by atoms with Crippen LogP contribution in [0.5, 0.6) is 0 Å². The van der Waals surface area contributed by atoms with Crippen LogP contribution in [0.4, 0.5) is 4.39 Å². The fourth-order valence-electron chi connectivity index (χ4n) is 2.80. The fraction of sp³-hybridized carbons (Fsp3) is 0.667. The minimum atomic E-state index is -0.0702. The Morgan fingerprint density at radius 3 is 2.50 bits per heavy atom. The molecule has 1 aromatic rings. The first-order chi connectivity index (χ1) is 9.63. The number of hydrogen-bond donors (Lipinski definition) is 1. The van der Waals surface area contributed by atoms with Crippen molar-refractivity contribution in [1.82, 2.24) is 5.32 Å². The van der Waals surface area contributed by atoms with Crippen LogP contribution < -0.4 is 5.32 Å². The summed E-state index contributed by atoms with van der Waals surface area (Å²) in [6, 6.07) is 5.61. The second-order valence-corrected chi connectivity index (χ2v) is 5.77. The summed E-state index contributed by atoms with van der Waals surface area (Å²) in [4.78, 5) is 0. The SMILES string of the molecule is CCCCC(CC)C(NCCC)c1cc(C)ccc1F. The number of rotatable bonds is 9. The molecule has 1 nitrogen and oxygen atoms in total. The molecule has 0 aliphatic heterocycles. The number of benzene rings is 1. The third-order valence-electron chi connectivity index (χ3n) is 4.03. The molecule has 0 saturated heterocycles. The standard InChI is InChI=1S/C18H30FN/c1-5-8-9-15(7-3)18(20-12-6-2)16-13-14(4)10-11-17(16)19/h10-11,13,15,18,20H,5-9,12H2,1-4H3. The van der Waals surface area contributed by atoms with E-state index in [1.807, 2.05) is 19.1 Å². The fourth-order valence-corrected chi connectivity index (χ4v) is 2.80. The second kappa shape index (κ2) is 9.12. The molecule has 2 unspecified atom stereocenters. The molecule has 1 N–H and O–H groups in total. The highest BCUT2D eigenvalue weighted by Crippen LogP contribution is 2.31. The van der Waals surface area contributed by atoms with Gasteiger partial charge in [0.1, 0.15) is 5.82 Å². The van der Waals surface area contributed by atoms with Crippen LogP contribution in [0.2, 0.25) is 0 Å². The summed E-state index contributed by atoms with van der Waals surface area (Å²) < 4.78 is 14.2. The van der Waals surface area contributed by atoms with Gasteiger partial charge in [-0.3, -0.25) is 0 Å². The normalized spacial score (nSPS) is 14.2. The molecule has 0 spiro atoms. The minimum Gasteiger partial charge on any atom is -0.310 e. The average Bonchev–Trinajstić information content (AvgIpc) is 2.45. The summed E-state index contributed by atoms with van der Waals surface area (Å²) in [6.45, 7) is 9.57. The van der Waals surface area contributed by atoms with E-state index in [9.17, 15) is 4.39 Å². The van der Waals surface area contributed by atoms with Crippen molar-refractivity contribution in [3.05, 3.63) is 35.1 Å². The van der Waals surface area contributed by atoms with Crippen molar-refractivity contribution in [3.63, 3.8) is 0 Å². The molecule has 1 aromatic carbocycles. The molecule has 0 bridgehead atoms. The van der Waals surface area contributed by atoms with Crippen LogP contribution in [0.15, 0.2) is 18.2 Å². The molecule has 0 aromatic heterocycles. The smallest absolute Gasteiger partial charge is 0.128 e. The maximum Gasteiger partial charge on any atom is 0.128 e. The van der Waals surface area contributed by atoms with Crippen molar-refractivity contribution >= 4 is 0 Å². The quantitative estimate of drug-likeness (QED) is 0.639. The zero-order valence-electron chi connectivity index (χ0n) is 13.5. The van der Waals surface area contributed by atoms with Gasteiger partial charge >= 0.3 is 0 Å². The Kier molecular flexibility index (Phi) is 7.83. The van der Waals surface area contributed by atoms with Crippen molar-refractivity contribution < 1.29 is 4.39 Å². The lowest BCUT2D eigenvalue weighted by Gasteiger charge is -2.28. The van der Waals surface area contributed by atoms with Gasteiger partial charge in [-0.15, -0.1) is 0 Å². The van der Waals surface area contributed by atoms with Gasteiger partial charge in [0, 0.05) is 11.6 Å². The van der Waals surface area contributed by atoms with E-state index in [0.29, 0.717) is 5.92 Å². The molecular weight excluding hydrogens is 249 g/mol. The Morgan fingerprint density at radius 2 is 1.90 bits per heavy atom. The van der Waals surface area contributed by atoms with E-state index in [4.69, 9.17) is 0 Å². The monoisotopic (exact) mass is 279 g/mol. The van der Waals surface area contributed by atoms with E-state index in [1.54, 1.807) is 6.07 Å². The van der Waals surface area contributed by atoms with Crippen molar-refractivity contribution in [3.8, 4) is 0 Å². The highest BCUT2D eigenvalue weighted by atomic mass is 19.1. The van der Waals surface area contributed by atoms with Crippen molar-refractivity contribution in [2.75, 3.05) is 6.54 Å². The molecule has 2 heteroatoms. The Balaban J connectivity index is 2.99. The van der Waals surface area contributed by atoms with Gasteiger partial charge in [0.2, 0.25) is 0 Å². The van der Waals surface area contributed by atoms with Crippen LogP contribution in [0.3, 0.4) is 0 Å². The van der Waals surface area contributed by atoms with E-state index in [0.717, 1.165) is 30.5 Å². The first-order valence-electron chi connectivity index (χ1n) is 8.13. The summed E-state index contributed by atoms with van der Waals surface area (Å²) in [6.07, 6.45) is 5.76. The van der Waals surface area contributed by atoms with Crippen molar-refractivity contribution in [2.24, 2.45) is 5.92 Å². The van der Waals surface area contributed by atoms with E-state index >= 15 is 0 Å². The summed E-state index contributed by atoms with van der Waals surface area (Å²) in [5, 5.41) is 3.57. The Labute approximate surface area is 124 Å². The molecule has 0 aliphatic rings. The molecule has 0 fully saturated rings. The molecular formula is C18H30FN. The Hall–Kier alpha value is -0.890. The summed E-state index contributed by atoms with van der Waals surface area (Å²) in [7, 11) is 0. The molecule has 114 valence electrons. The predicted molar refractivity (Wildman–Crippen MR) is 85.5 cm³/mol. The second-order valence-electron chi connectivity index (χ2n) is 5.77. The minimum absolute atomic E-state index is 0.0702. The third-order valence-corrected chi connectivity index (χ3v) is 4.03. The van der Waals surface area contributed by atoms with Crippen molar-refractivity contribution in [1.29, 1.82) is 0 Å². The number of nitrogens with one attached hydrogen (secondary N) is 1. The molecule has 0 radical (unpaired) electrons. The Bertz CT molecular complexity index is 389. The van der Waals surface area contributed by atoms with Crippen LogP contribution in [0.1, 0.15) is 70.0 Å². The van der Waals surface area contributed by atoms with Crippen molar-refractivity contribution in [2.45, 2.75) is 65.8 Å². The van der Waals surface area contributed by atoms with Gasteiger partial charge in [0.05, 0.1) is 0 Å². The van der Waals surface area contributed by atoms with Crippen LogP contribution in [0.25, 0.3) is 0 Å². The molecule has 20 heavy (non-hydrogen) atoms. The first-order valence-corrected chi connectivity index (χ1v) is 8.13. The average molecular weight is 279 g/mol. The van der Waals surface area contributed by atoms with E-state index < -0.39 is 0 Å². The highest BCUT2D eigenvalue weighted by Gasteiger charge is 2.23. The van der Waals surface area contributed by atoms with Crippen LogP contribution in [-0.4, -0.2) is 6.54 Å². The third kappa shape index (κ3) is 4.90. The van der Waals surface area contributed by atoms with Gasteiger partial charge in [0.25, 0.3) is 0 Å². The maximum atomic E-state index is 14.2. The number of aryl methyl sites for hydroxylation is 1. The molecule has 0 heterocycles. The number of halogens is 1. The maximum absolute atomic E-state index is 14.2. The van der Waals surface area contributed by atoms with Gasteiger partial charge in [0.15, 0.2) is 0 Å². The molecule has 0 aliphatic carbocycles. The van der Waals surface area contributed by atoms with Gasteiger partial charge in [-0.1, -0.05) is 57.7 Å². The lowest BCUT2D eigenvalue weighted by Crippen LogP contribution is -2.29. The van der Waals surface area contributed by atoms with Crippen LogP contribution >= 0.6 is 0 Å². The largest absolute Gasteiger partial charge is 0.310 e. The van der Waals surface area contributed by atoms with Crippen LogP contribution in [-0.2, 0) is 0 Å². The van der Waals surface area contributed by atoms with Gasteiger partial charge in [-0.25, -0.2) is 4.39 Å². The molecule has 0 amide bonds. The Morgan fingerprint density at radius 1 is 1.15 bits per heavy atom. The molecule has 1 rings (SSSR count). The van der Waals surface area contributed by atoms with Crippen LogP contribution in [0, 0.1) is 18.7 Å². The lowest BCUT2D eigenvalue weighted by molar-refractivity contribution is 0.316. The summed E-state index contributed by atoms with van der Waals surface area (Å²) in [5.41, 5.74) is 1.98. The molecule has 2 atom stereocenters. The van der Waals surface area contributed by atoms with Gasteiger partial charge in [-0.2, -0.15) is 0 Å². The van der Waals surface area contributed by atoms with E-state index in [-0.39, 0.29) is 11.9 Å². The number of hydrogen-bond acceptors (Lipinski definition) is 1. The van der Waals surface area contributed by atoms with E-state index in [2.05, 4.69) is 26.1 Å². The van der Waals surface area contributed by atoms with E-state index in [1.165, 1.54) is 19.3 Å². The predicted octanol–water partition coefficient (Wildman–Crippen LogP) is 5.39. The topological polar surface area (TPSA) is 12.0 Å². The summed E-state index contributed by atoms with van der Waals surface area (Å²) in [5.74, 6) is 0.442. The first kappa shape index (κ1) is 17.2. The lowest BCUT2D eigenvalue weighted by atomic mass is 9.86. The van der Waals surface area contributed by atoms with Gasteiger partial charge < -0.3 is 5.32 Å². The highest BCUT2D eigenvalue weighted by molar-refractivity contribution is 5.27. The number of unbranched alkanes of at least 4 members (excludes halogenated alkanes) is 1. The zero-order chi connectivity index (χ0) is 15.0.